The van der Waals surface area contributed by atoms with Gasteiger partial charge in [0.05, 0.1) is 23.7 Å². The number of carbonyl (C=O) groups excluding carboxylic acids is 3. The third kappa shape index (κ3) is 7.49. The zero-order valence-electron chi connectivity index (χ0n) is 18.7. The molecule has 0 saturated heterocycles. The van der Waals surface area contributed by atoms with Crippen LogP contribution in [0.2, 0.25) is 5.02 Å². The Morgan fingerprint density at radius 3 is 2.50 bits per heavy atom. The average molecular weight is 483 g/mol. The minimum absolute atomic E-state index is 0.115. The molecule has 2 rings (SSSR count). The summed E-state index contributed by atoms with van der Waals surface area (Å²) in [5, 5.41) is 0.593. The fourth-order valence-electron chi connectivity index (χ4n) is 2.80. The number of benzene rings is 1. The van der Waals surface area contributed by atoms with Crippen molar-refractivity contribution >= 4 is 41.5 Å². The second-order valence-corrected chi connectivity index (χ2v) is 9.44. The van der Waals surface area contributed by atoms with Gasteiger partial charge in [-0.25, -0.2) is 14.6 Å². The number of thiazole rings is 1. The number of nitrogens with zero attached hydrogens (tertiary/aromatic N) is 2. The van der Waals surface area contributed by atoms with Crippen molar-refractivity contribution in [3.05, 3.63) is 50.9 Å². The van der Waals surface area contributed by atoms with Gasteiger partial charge < -0.3 is 19.1 Å². The molecule has 2 atom stereocenters. The normalized spacial score (nSPS) is 13.1. The molecule has 0 fully saturated rings. The summed E-state index contributed by atoms with van der Waals surface area (Å²) in [4.78, 5) is 41.9. The quantitative estimate of drug-likeness (QED) is 0.297. The van der Waals surface area contributed by atoms with Crippen LogP contribution in [0.3, 0.4) is 0 Å². The lowest BCUT2D eigenvalue weighted by Gasteiger charge is -2.24. The summed E-state index contributed by atoms with van der Waals surface area (Å²) >= 11 is 7.38. The van der Waals surface area contributed by atoms with Crippen LogP contribution in [0.25, 0.3) is 0 Å². The predicted octanol–water partition coefficient (Wildman–Crippen LogP) is 4.40. The van der Waals surface area contributed by atoms with E-state index in [1.165, 1.54) is 23.2 Å². The van der Waals surface area contributed by atoms with E-state index in [0.29, 0.717) is 17.2 Å². The van der Waals surface area contributed by atoms with E-state index in [1.807, 2.05) is 12.1 Å². The van der Waals surface area contributed by atoms with Crippen LogP contribution in [0, 0.1) is 0 Å². The molecule has 1 aromatic heterocycles. The molecular formula is C22H27ClN2O6S. The molecule has 0 aliphatic rings. The molecule has 0 aliphatic heterocycles. The Bertz CT molecular complexity index is 925. The lowest BCUT2D eigenvalue weighted by molar-refractivity contribution is -0.164. The van der Waals surface area contributed by atoms with E-state index in [4.69, 9.17) is 25.8 Å². The van der Waals surface area contributed by atoms with Gasteiger partial charge in [-0.2, -0.15) is 0 Å². The fourth-order valence-corrected chi connectivity index (χ4v) is 3.84. The average Bonchev–Trinajstić information content (AvgIpc) is 3.16. The van der Waals surface area contributed by atoms with E-state index >= 15 is 0 Å². The first kappa shape index (κ1) is 25.6. The van der Waals surface area contributed by atoms with Gasteiger partial charge in [0, 0.05) is 16.9 Å². The molecule has 0 N–H and O–H groups in total. The lowest BCUT2D eigenvalue weighted by Crippen LogP contribution is -2.36. The number of halogens is 1. The first-order chi connectivity index (χ1) is 15.0. The van der Waals surface area contributed by atoms with Gasteiger partial charge in [-0.1, -0.05) is 23.7 Å². The molecule has 0 radical (unpaired) electrons. The van der Waals surface area contributed by atoms with Crippen LogP contribution in [-0.4, -0.2) is 53.8 Å². The first-order valence-electron chi connectivity index (χ1n) is 9.89. The SMILES string of the molecule is CC(OC(=O)N(C)Cc1ncsc1C(COC=O)c1ccc(Cl)cc1)C(=O)OC(C)(C)C. The van der Waals surface area contributed by atoms with Gasteiger partial charge >= 0.3 is 12.1 Å². The zero-order chi connectivity index (χ0) is 23.9. The van der Waals surface area contributed by atoms with Crippen LogP contribution in [0.1, 0.15) is 49.7 Å². The van der Waals surface area contributed by atoms with Gasteiger partial charge in [0.2, 0.25) is 0 Å². The van der Waals surface area contributed by atoms with Crippen LogP contribution in [-0.2, 0) is 30.3 Å². The molecule has 0 bridgehead atoms. The summed E-state index contributed by atoms with van der Waals surface area (Å²) in [6.45, 7) is 7.32. The summed E-state index contributed by atoms with van der Waals surface area (Å²) in [5.41, 5.74) is 2.51. The van der Waals surface area contributed by atoms with Crippen molar-refractivity contribution in [3.8, 4) is 0 Å². The maximum Gasteiger partial charge on any atom is 0.410 e. The van der Waals surface area contributed by atoms with E-state index < -0.39 is 23.8 Å². The van der Waals surface area contributed by atoms with Gasteiger partial charge in [-0.15, -0.1) is 11.3 Å². The monoisotopic (exact) mass is 482 g/mol. The molecule has 0 spiro atoms. The number of carbonyl (C=O) groups is 3. The Morgan fingerprint density at radius 2 is 1.91 bits per heavy atom. The molecule has 1 amide bonds. The Balaban J connectivity index is 2.12. The Morgan fingerprint density at radius 1 is 1.25 bits per heavy atom. The largest absolute Gasteiger partial charge is 0.467 e. The fraction of sp³-hybridized carbons (Fsp3) is 0.455. The Kier molecular flexibility index (Phi) is 9.03. The molecule has 1 aromatic carbocycles. The number of ether oxygens (including phenoxy) is 3. The Hall–Kier alpha value is -2.65. The summed E-state index contributed by atoms with van der Waals surface area (Å²) < 4.78 is 15.5. The van der Waals surface area contributed by atoms with Crippen LogP contribution < -0.4 is 0 Å². The smallest absolute Gasteiger partial charge is 0.410 e. The third-order valence-corrected chi connectivity index (χ3v) is 5.54. The van der Waals surface area contributed by atoms with E-state index in [9.17, 15) is 14.4 Å². The zero-order valence-corrected chi connectivity index (χ0v) is 20.2. The van der Waals surface area contributed by atoms with Crippen molar-refractivity contribution in [1.29, 1.82) is 0 Å². The minimum Gasteiger partial charge on any atom is -0.467 e. The second-order valence-electron chi connectivity index (χ2n) is 8.11. The van der Waals surface area contributed by atoms with Crippen molar-refractivity contribution in [1.82, 2.24) is 9.88 Å². The van der Waals surface area contributed by atoms with Gasteiger partial charge in [-0.3, -0.25) is 4.79 Å². The molecule has 0 aliphatic carbocycles. The molecular weight excluding hydrogens is 456 g/mol. The summed E-state index contributed by atoms with van der Waals surface area (Å²) in [6, 6.07) is 7.22. The molecule has 32 heavy (non-hydrogen) atoms. The first-order valence-corrected chi connectivity index (χ1v) is 11.1. The van der Waals surface area contributed by atoms with E-state index in [2.05, 4.69) is 4.98 Å². The molecule has 0 saturated carbocycles. The van der Waals surface area contributed by atoms with Crippen molar-refractivity contribution in [2.75, 3.05) is 13.7 Å². The maximum atomic E-state index is 12.5. The molecule has 8 nitrogen and oxygen atoms in total. The van der Waals surface area contributed by atoms with Gasteiger partial charge in [0.15, 0.2) is 6.10 Å². The number of hydrogen-bond acceptors (Lipinski definition) is 8. The van der Waals surface area contributed by atoms with E-state index in [1.54, 1.807) is 45.5 Å². The van der Waals surface area contributed by atoms with Crippen molar-refractivity contribution in [3.63, 3.8) is 0 Å². The predicted molar refractivity (Wildman–Crippen MR) is 121 cm³/mol. The standard InChI is InChI=1S/C22H27ClN2O6S/c1-14(20(27)31-22(2,3)4)30-21(28)25(5)10-18-19(32-12-24-18)17(11-29-13-26)15-6-8-16(23)9-7-15/h6-9,12-14,17H,10-11H2,1-5H3. The van der Waals surface area contributed by atoms with Crippen molar-refractivity contribution in [2.24, 2.45) is 0 Å². The summed E-state index contributed by atoms with van der Waals surface area (Å²) in [7, 11) is 1.55. The molecule has 1 heterocycles. The van der Waals surface area contributed by atoms with E-state index in [-0.39, 0.29) is 19.1 Å². The van der Waals surface area contributed by atoms with Crippen LogP contribution >= 0.6 is 22.9 Å². The highest BCUT2D eigenvalue weighted by atomic mass is 35.5. The number of aromatic nitrogens is 1. The Labute approximate surface area is 196 Å². The highest BCUT2D eigenvalue weighted by Gasteiger charge is 2.27. The van der Waals surface area contributed by atoms with Crippen molar-refractivity contribution in [2.45, 2.75) is 51.9 Å². The highest BCUT2D eigenvalue weighted by Crippen LogP contribution is 2.32. The topological polar surface area (TPSA) is 95.0 Å². The van der Waals surface area contributed by atoms with Crippen LogP contribution in [0.15, 0.2) is 29.8 Å². The summed E-state index contributed by atoms with van der Waals surface area (Å²) in [6.07, 6.45) is -1.74. The van der Waals surface area contributed by atoms with Crippen molar-refractivity contribution < 1.29 is 28.6 Å². The van der Waals surface area contributed by atoms with Crippen LogP contribution in [0.4, 0.5) is 4.79 Å². The number of amides is 1. The second kappa shape index (κ2) is 11.3. The van der Waals surface area contributed by atoms with E-state index in [0.717, 1.165) is 10.4 Å². The van der Waals surface area contributed by atoms with Crippen LogP contribution in [0.5, 0.6) is 0 Å². The molecule has 10 heteroatoms. The minimum atomic E-state index is -1.05. The molecule has 2 aromatic rings. The number of hydrogen-bond donors (Lipinski definition) is 0. The lowest BCUT2D eigenvalue weighted by atomic mass is 9.97. The van der Waals surface area contributed by atoms with Gasteiger partial charge in [-0.05, 0) is 45.4 Å². The molecule has 2 unspecified atom stereocenters. The molecule has 174 valence electrons. The number of esters is 1. The summed E-state index contributed by atoms with van der Waals surface area (Å²) in [5.74, 6) is -0.896. The van der Waals surface area contributed by atoms with Gasteiger partial charge in [0.1, 0.15) is 12.2 Å². The van der Waals surface area contributed by atoms with Gasteiger partial charge in [0.25, 0.3) is 6.47 Å². The maximum absolute atomic E-state index is 12.5. The highest BCUT2D eigenvalue weighted by molar-refractivity contribution is 7.09. The third-order valence-electron chi connectivity index (χ3n) is 4.31. The number of rotatable bonds is 9.